The van der Waals surface area contributed by atoms with Gasteiger partial charge in [0.25, 0.3) is 0 Å². The SMILES string of the molecule is CC(C)(C)Sc1cccc(C(=O)[O-])c1S(=O)(=O)C(C)(C)C. The van der Waals surface area contributed by atoms with Crippen LogP contribution < -0.4 is 5.11 Å². The number of carboxylic acids is 1. The second-order valence-corrected chi connectivity index (χ2v) is 11.3. The first kappa shape index (κ1) is 18.0. The molecule has 1 aromatic carbocycles. The number of sulfone groups is 1. The molecule has 0 aliphatic carbocycles. The van der Waals surface area contributed by atoms with Gasteiger partial charge in [-0.15, -0.1) is 11.8 Å². The van der Waals surface area contributed by atoms with Crippen molar-refractivity contribution in [1.82, 2.24) is 0 Å². The van der Waals surface area contributed by atoms with Crippen molar-refractivity contribution in [3.8, 4) is 0 Å². The number of hydrogen-bond donors (Lipinski definition) is 0. The highest BCUT2D eigenvalue weighted by atomic mass is 32.2. The van der Waals surface area contributed by atoms with Gasteiger partial charge in [-0.3, -0.25) is 0 Å². The van der Waals surface area contributed by atoms with Crippen LogP contribution in [0.15, 0.2) is 28.0 Å². The molecule has 0 atom stereocenters. The molecular weight excluding hydrogens is 308 g/mol. The van der Waals surface area contributed by atoms with E-state index in [2.05, 4.69) is 0 Å². The van der Waals surface area contributed by atoms with Crippen molar-refractivity contribution < 1.29 is 18.3 Å². The van der Waals surface area contributed by atoms with Crippen molar-refractivity contribution in [3.63, 3.8) is 0 Å². The Labute approximate surface area is 130 Å². The lowest BCUT2D eigenvalue weighted by Gasteiger charge is -2.26. The van der Waals surface area contributed by atoms with Crippen LogP contribution in [0.5, 0.6) is 0 Å². The van der Waals surface area contributed by atoms with E-state index in [0.29, 0.717) is 4.90 Å². The minimum Gasteiger partial charge on any atom is -0.545 e. The van der Waals surface area contributed by atoms with Gasteiger partial charge >= 0.3 is 0 Å². The van der Waals surface area contributed by atoms with Gasteiger partial charge in [0.05, 0.1) is 15.6 Å². The lowest BCUT2D eigenvalue weighted by molar-refractivity contribution is -0.255. The average molecular weight is 329 g/mol. The maximum Gasteiger partial charge on any atom is 0.185 e. The molecule has 1 rings (SSSR count). The molecule has 0 spiro atoms. The van der Waals surface area contributed by atoms with E-state index < -0.39 is 20.6 Å². The lowest BCUT2D eigenvalue weighted by Crippen LogP contribution is -2.32. The molecule has 4 nitrogen and oxygen atoms in total. The van der Waals surface area contributed by atoms with Crippen LogP contribution in [-0.4, -0.2) is 23.9 Å². The Morgan fingerprint density at radius 2 is 1.62 bits per heavy atom. The van der Waals surface area contributed by atoms with Gasteiger partial charge in [-0.1, -0.05) is 32.9 Å². The Balaban J connectivity index is 3.71. The van der Waals surface area contributed by atoms with Gasteiger partial charge in [0.1, 0.15) is 0 Å². The van der Waals surface area contributed by atoms with E-state index in [-0.39, 0.29) is 15.2 Å². The fourth-order valence-electron chi connectivity index (χ4n) is 1.67. The summed E-state index contributed by atoms with van der Waals surface area (Å²) in [5.74, 6) is -1.48. The fourth-order valence-corrected chi connectivity index (χ4v) is 4.52. The maximum absolute atomic E-state index is 12.8. The quantitative estimate of drug-likeness (QED) is 0.797. The van der Waals surface area contributed by atoms with Crippen molar-refractivity contribution >= 4 is 27.6 Å². The van der Waals surface area contributed by atoms with Crippen LogP contribution in [0.1, 0.15) is 51.9 Å². The summed E-state index contributed by atoms with van der Waals surface area (Å²) in [5.41, 5.74) is -0.279. The second-order valence-electron chi connectivity index (χ2n) is 6.75. The molecule has 0 aliphatic rings. The Bertz CT molecular complexity index is 647. The van der Waals surface area contributed by atoms with Gasteiger partial charge < -0.3 is 9.90 Å². The zero-order chi connectivity index (χ0) is 16.6. The molecule has 0 unspecified atom stereocenters. The summed E-state index contributed by atoms with van der Waals surface area (Å²) in [5, 5.41) is 11.3. The first-order chi connectivity index (χ1) is 9.27. The number of benzene rings is 1. The van der Waals surface area contributed by atoms with E-state index in [0.717, 1.165) is 0 Å². The molecule has 0 saturated heterocycles. The van der Waals surface area contributed by atoms with Crippen LogP contribution in [0.2, 0.25) is 0 Å². The fraction of sp³-hybridized carbons (Fsp3) is 0.533. The topological polar surface area (TPSA) is 74.3 Å². The summed E-state index contributed by atoms with van der Waals surface area (Å²) in [6.45, 7) is 10.5. The van der Waals surface area contributed by atoms with Gasteiger partial charge in [0.2, 0.25) is 0 Å². The van der Waals surface area contributed by atoms with Crippen molar-refractivity contribution in [2.24, 2.45) is 0 Å². The zero-order valence-electron chi connectivity index (χ0n) is 13.2. The second kappa shape index (κ2) is 5.65. The smallest absolute Gasteiger partial charge is 0.185 e. The predicted octanol–water partition coefficient (Wildman–Crippen LogP) is 2.51. The number of carboxylic acid groups (broad SMARTS) is 1. The molecule has 0 fully saturated rings. The van der Waals surface area contributed by atoms with Crippen LogP contribution in [0, 0.1) is 0 Å². The monoisotopic (exact) mass is 329 g/mol. The highest BCUT2D eigenvalue weighted by Gasteiger charge is 2.35. The largest absolute Gasteiger partial charge is 0.545 e. The minimum atomic E-state index is -3.80. The molecule has 0 amide bonds. The lowest BCUT2D eigenvalue weighted by atomic mass is 10.2. The van der Waals surface area contributed by atoms with Crippen LogP contribution in [0.25, 0.3) is 0 Å². The standard InChI is InChI=1S/C15H22O4S2/c1-14(2,3)20-11-9-7-8-10(13(16)17)12(11)21(18,19)15(4,5)6/h7-9H,1-6H3,(H,16,17)/p-1. The number of carbonyl (C=O) groups is 1. The number of aromatic carboxylic acids is 1. The average Bonchev–Trinajstić information content (AvgIpc) is 2.24. The molecule has 0 bridgehead atoms. The third-order valence-electron chi connectivity index (χ3n) is 2.69. The summed E-state index contributed by atoms with van der Waals surface area (Å²) < 4.78 is 24.2. The summed E-state index contributed by atoms with van der Waals surface area (Å²) >= 11 is 1.33. The third kappa shape index (κ3) is 4.01. The third-order valence-corrected chi connectivity index (χ3v) is 6.58. The normalized spacial score (nSPS) is 13.2. The Morgan fingerprint density at radius 3 is 2.00 bits per heavy atom. The van der Waals surface area contributed by atoms with E-state index in [1.807, 2.05) is 20.8 Å². The van der Waals surface area contributed by atoms with Crippen molar-refractivity contribution in [3.05, 3.63) is 23.8 Å². The summed E-state index contributed by atoms with van der Waals surface area (Å²) in [7, 11) is -3.80. The molecular formula is C15H21O4S2-. The molecule has 0 aliphatic heterocycles. The van der Waals surface area contributed by atoms with Crippen molar-refractivity contribution in [2.75, 3.05) is 0 Å². The minimum absolute atomic E-state index is 0.141. The van der Waals surface area contributed by atoms with E-state index >= 15 is 0 Å². The van der Waals surface area contributed by atoms with E-state index in [9.17, 15) is 18.3 Å². The Hall–Kier alpha value is -1.01. The van der Waals surface area contributed by atoms with Crippen LogP contribution in [0.4, 0.5) is 0 Å². The molecule has 21 heavy (non-hydrogen) atoms. The number of hydrogen-bond acceptors (Lipinski definition) is 5. The molecule has 1 aromatic rings. The molecule has 0 saturated carbocycles. The zero-order valence-corrected chi connectivity index (χ0v) is 14.8. The highest BCUT2D eigenvalue weighted by molar-refractivity contribution is 8.01. The number of thioether (sulfide) groups is 1. The first-order valence-corrected chi connectivity index (χ1v) is 8.85. The molecule has 0 aromatic heterocycles. The van der Waals surface area contributed by atoms with Crippen molar-refractivity contribution in [2.45, 2.75) is 60.8 Å². The van der Waals surface area contributed by atoms with Gasteiger partial charge in [0.15, 0.2) is 9.84 Å². The van der Waals surface area contributed by atoms with Gasteiger partial charge in [-0.2, -0.15) is 0 Å². The number of carbonyl (C=O) groups excluding carboxylic acids is 1. The van der Waals surface area contributed by atoms with E-state index in [4.69, 9.17) is 0 Å². The summed E-state index contributed by atoms with van der Waals surface area (Å²) in [6.07, 6.45) is 0. The molecule has 118 valence electrons. The number of rotatable bonds is 3. The van der Waals surface area contributed by atoms with Crippen LogP contribution >= 0.6 is 11.8 Å². The van der Waals surface area contributed by atoms with E-state index in [1.54, 1.807) is 32.9 Å². The predicted molar refractivity (Wildman–Crippen MR) is 83.3 cm³/mol. The van der Waals surface area contributed by atoms with Crippen LogP contribution in [-0.2, 0) is 9.84 Å². The summed E-state index contributed by atoms with van der Waals surface area (Å²) in [6, 6.07) is 4.46. The molecule has 0 N–H and O–H groups in total. The van der Waals surface area contributed by atoms with E-state index in [1.165, 1.54) is 17.8 Å². The first-order valence-electron chi connectivity index (χ1n) is 6.55. The van der Waals surface area contributed by atoms with Crippen LogP contribution in [0.3, 0.4) is 0 Å². The molecule has 0 radical (unpaired) electrons. The van der Waals surface area contributed by atoms with Gasteiger partial charge in [-0.25, -0.2) is 8.42 Å². The van der Waals surface area contributed by atoms with Gasteiger partial charge in [-0.05, 0) is 26.8 Å². The summed E-state index contributed by atoms with van der Waals surface area (Å²) in [4.78, 5) is 11.6. The molecule has 0 heterocycles. The Morgan fingerprint density at radius 1 is 1.10 bits per heavy atom. The van der Waals surface area contributed by atoms with Gasteiger partial charge in [0, 0.05) is 15.2 Å². The maximum atomic E-state index is 12.8. The molecule has 6 heteroatoms. The van der Waals surface area contributed by atoms with Crippen molar-refractivity contribution in [1.29, 1.82) is 0 Å². The highest BCUT2D eigenvalue weighted by Crippen LogP contribution is 2.40. The Kier molecular flexibility index (Phi) is 4.85.